The topological polar surface area (TPSA) is 67.4 Å². The van der Waals surface area contributed by atoms with Crippen molar-refractivity contribution in [1.82, 2.24) is 0 Å². The average molecular weight is 388 g/mol. The summed E-state index contributed by atoms with van der Waals surface area (Å²) >= 11 is 0. The average Bonchev–Trinajstić information content (AvgIpc) is 2.55. The second-order valence-electron chi connectivity index (χ2n) is 5.30. The Bertz CT molecular complexity index is 835. The molecule has 10 heteroatoms. The van der Waals surface area contributed by atoms with E-state index >= 15 is 0 Å². The van der Waals surface area contributed by atoms with E-state index in [1.165, 1.54) is 6.07 Å². The van der Waals surface area contributed by atoms with Crippen LogP contribution in [0, 0.1) is 0 Å². The largest absolute Gasteiger partial charge is 0.435 e. The molecule has 0 aromatic heterocycles. The normalized spacial score (nSPS) is 11.2. The van der Waals surface area contributed by atoms with Crippen LogP contribution in [0.4, 0.5) is 33.3 Å². The summed E-state index contributed by atoms with van der Waals surface area (Å²) in [6, 6.07) is 7.33. The SMILES string of the molecule is CC(=O)Nc1ccc(NC(=O)c2ccc(OC(F)F)cc2)c(C(F)(F)F)c1. The van der Waals surface area contributed by atoms with E-state index in [-0.39, 0.29) is 17.0 Å². The molecule has 0 saturated heterocycles. The van der Waals surface area contributed by atoms with Gasteiger partial charge in [0.2, 0.25) is 5.91 Å². The van der Waals surface area contributed by atoms with Crippen molar-refractivity contribution in [3.05, 3.63) is 53.6 Å². The fourth-order valence-corrected chi connectivity index (χ4v) is 2.15. The predicted octanol–water partition coefficient (Wildman–Crippen LogP) is 4.52. The van der Waals surface area contributed by atoms with Crippen LogP contribution in [0.15, 0.2) is 42.5 Å². The third-order valence-electron chi connectivity index (χ3n) is 3.24. The van der Waals surface area contributed by atoms with Crippen LogP contribution in [-0.4, -0.2) is 18.4 Å². The molecule has 0 unspecified atom stereocenters. The summed E-state index contributed by atoms with van der Waals surface area (Å²) in [6.45, 7) is -1.90. The molecule has 144 valence electrons. The Hall–Kier alpha value is -3.17. The van der Waals surface area contributed by atoms with Crippen LogP contribution < -0.4 is 15.4 Å². The molecule has 0 atom stereocenters. The molecular formula is C17H13F5N2O3. The Morgan fingerprint density at radius 1 is 1.00 bits per heavy atom. The van der Waals surface area contributed by atoms with E-state index in [1.807, 2.05) is 0 Å². The highest BCUT2D eigenvalue weighted by Gasteiger charge is 2.34. The van der Waals surface area contributed by atoms with E-state index in [4.69, 9.17) is 0 Å². The summed E-state index contributed by atoms with van der Waals surface area (Å²) < 4.78 is 68.1. The van der Waals surface area contributed by atoms with Gasteiger partial charge in [-0.15, -0.1) is 0 Å². The van der Waals surface area contributed by atoms with Gasteiger partial charge in [-0.3, -0.25) is 9.59 Å². The zero-order chi connectivity index (χ0) is 20.2. The Kier molecular flexibility index (Phi) is 5.98. The van der Waals surface area contributed by atoms with Crippen LogP contribution in [-0.2, 0) is 11.0 Å². The lowest BCUT2D eigenvalue weighted by atomic mass is 10.1. The van der Waals surface area contributed by atoms with Gasteiger partial charge in [0.05, 0.1) is 11.3 Å². The predicted molar refractivity (Wildman–Crippen MR) is 86.8 cm³/mol. The summed E-state index contributed by atoms with van der Waals surface area (Å²) in [4.78, 5) is 23.1. The summed E-state index contributed by atoms with van der Waals surface area (Å²) in [7, 11) is 0. The van der Waals surface area contributed by atoms with Gasteiger partial charge in [0.15, 0.2) is 0 Å². The lowest BCUT2D eigenvalue weighted by Gasteiger charge is -2.15. The zero-order valence-electron chi connectivity index (χ0n) is 13.7. The van der Waals surface area contributed by atoms with Crippen LogP contribution in [0.1, 0.15) is 22.8 Å². The number of rotatable bonds is 5. The fraction of sp³-hybridized carbons (Fsp3) is 0.176. The molecule has 2 aromatic carbocycles. The van der Waals surface area contributed by atoms with Crippen molar-refractivity contribution in [2.45, 2.75) is 19.7 Å². The maximum Gasteiger partial charge on any atom is 0.418 e. The third kappa shape index (κ3) is 5.66. The number of carbonyl (C=O) groups is 2. The summed E-state index contributed by atoms with van der Waals surface area (Å²) in [5.41, 5.74) is -1.81. The second kappa shape index (κ2) is 8.02. The fourth-order valence-electron chi connectivity index (χ4n) is 2.15. The van der Waals surface area contributed by atoms with Crippen LogP contribution in [0.2, 0.25) is 0 Å². The van der Waals surface area contributed by atoms with E-state index in [9.17, 15) is 31.5 Å². The maximum atomic E-state index is 13.2. The molecule has 0 saturated carbocycles. The van der Waals surface area contributed by atoms with Crippen molar-refractivity contribution in [1.29, 1.82) is 0 Å². The molecular weight excluding hydrogens is 375 g/mol. The maximum absolute atomic E-state index is 13.2. The number of hydrogen-bond donors (Lipinski definition) is 2. The van der Waals surface area contributed by atoms with E-state index in [0.29, 0.717) is 6.07 Å². The van der Waals surface area contributed by atoms with Gasteiger partial charge in [-0.25, -0.2) is 0 Å². The first-order valence-corrected chi connectivity index (χ1v) is 7.41. The van der Waals surface area contributed by atoms with Gasteiger partial charge in [0, 0.05) is 18.2 Å². The van der Waals surface area contributed by atoms with Crippen molar-refractivity contribution in [3.8, 4) is 5.75 Å². The molecule has 27 heavy (non-hydrogen) atoms. The molecule has 5 nitrogen and oxygen atoms in total. The highest BCUT2D eigenvalue weighted by molar-refractivity contribution is 6.05. The number of ether oxygens (including phenoxy) is 1. The molecule has 2 N–H and O–H groups in total. The van der Waals surface area contributed by atoms with Gasteiger partial charge in [0.25, 0.3) is 5.91 Å². The number of nitrogens with one attached hydrogen (secondary N) is 2. The number of hydrogen-bond acceptors (Lipinski definition) is 3. The van der Waals surface area contributed by atoms with Gasteiger partial charge >= 0.3 is 12.8 Å². The second-order valence-corrected chi connectivity index (χ2v) is 5.30. The Morgan fingerprint density at radius 2 is 1.63 bits per heavy atom. The molecule has 0 bridgehead atoms. The molecule has 0 aliphatic carbocycles. The van der Waals surface area contributed by atoms with Gasteiger partial charge in [0.1, 0.15) is 5.75 Å². The minimum absolute atomic E-state index is 0.0596. The van der Waals surface area contributed by atoms with Gasteiger partial charge in [-0.05, 0) is 42.5 Å². The molecule has 0 spiro atoms. The Labute approximate surface area is 150 Å². The number of anilines is 2. The van der Waals surface area contributed by atoms with Crippen molar-refractivity contribution in [2.75, 3.05) is 10.6 Å². The summed E-state index contributed by atoms with van der Waals surface area (Å²) in [5, 5.41) is 4.34. The molecule has 0 aliphatic heterocycles. The van der Waals surface area contributed by atoms with Gasteiger partial charge < -0.3 is 15.4 Å². The monoisotopic (exact) mass is 388 g/mol. The van der Waals surface area contributed by atoms with Crippen LogP contribution >= 0.6 is 0 Å². The minimum Gasteiger partial charge on any atom is -0.435 e. The first kappa shape index (κ1) is 20.1. The van der Waals surface area contributed by atoms with E-state index in [1.54, 1.807) is 0 Å². The number of amides is 2. The lowest BCUT2D eigenvalue weighted by Crippen LogP contribution is -2.17. The number of alkyl halides is 5. The van der Waals surface area contributed by atoms with Gasteiger partial charge in [-0.2, -0.15) is 22.0 Å². The molecule has 0 radical (unpaired) electrons. The van der Waals surface area contributed by atoms with Gasteiger partial charge in [-0.1, -0.05) is 0 Å². The number of benzene rings is 2. The minimum atomic E-state index is -4.79. The molecule has 0 heterocycles. The van der Waals surface area contributed by atoms with Crippen molar-refractivity contribution in [2.24, 2.45) is 0 Å². The Balaban J connectivity index is 2.24. The smallest absolute Gasteiger partial charge is 0.418 e. The third-order valence-corrected chi connectivity index (χ3v) is 3.24. The van der Waals surface area contributed by atoms with E-state index in [2.05, 4.69) is 15.4 Å². The highest BCUT2D eigenvalue weighted by Crippen LogP contribution is 2.36. The van der Waals surface area contributed by atoms with E-state index in [0.717, 1.165) is 37.3 Å². The van der Waals surface area contributed by atoms with Crippen molar-refractivity contribution < 1.29 is 36.3 Å². The molecule has 2 amide bonds. The number of carbonyl (C=O) groups excluding carboxylic acids is 2. The quantitative estimate of drug-likeness (QED) is 0.741. The van der Waals surface area contributed by atoms with Crippen LogP contribution in [0.25, 0.3) is 0 Å². The van der Waals surface area contributed by atoms with Crippen LogP contribution in [0.5, 0.6) is 5.75 Å². The zero-order valence-corrected chi connectivity index (χ0v) is 13.7. The van der Waals surface area contributed by atoms with E-state index < -0.39 is 35.9 Å². The molecule has 2 aromatic rings. The highest BCUT2D eigenvalue weighted by atomic mass is 19.4. The molecule has 2 rings (SSSR count). The Morgan fingerprint density at radius 3 is 2.15 bits per heavy atom. The van der Waals surface area contributed by atoms with Crippen molar-refractivity contribution >= 4 is 23.2 Å². The first-order valence-electron chi connectivity index (χ1n) is 7.41. The van der Waals surface area contributed by atoms with Crippen LogP contribution in [0.3, 0.4) is 0 Å². The lowest BCUT2D eigenvalue weighted by molar-refractivity contribution is -0.137. The summed E-state index contributed by atoms with van der Waals surface area (Å²) in [6.07, 6.45) is -4.79. The first-order chi connectivity index (χ1) is 12.6. The molecule has 0 fully saturated rings. The standard InChI is InChI=1S/C17H13F5N2O3/c1-9(25)23-11-4-7-14(13(8-11)17(20,21)22)24-15(26)10-2-5-12(6-3-10)27-16(18)19/h2-8,16H,1H3,(H,23,25)(H,24,26). The number of halogens is 5. The van der Waals surface area contributed by atoms with Crippen molar-refractivity contribution in [3.63, 3.8) is 0 Å². The summed E-state index contributed by atoms with van der Waals surface area (Å²) in [5.74, 6) is -1.63. The molecule has 0 aliphatic rings.